The number of amides is 1. The number of nitrogens with zero attached hydrogens (tertiary/aromatic N) is 2. The van der Waals surface area contributed by atoms with Gasteiger partial charge in [-0.2, -0.15) is 13.2 Å². The van der Waals surface area contributed by atoms with E-state index < -0.39 is 21.6 Å². The zero-order chi connectivity index (χ0) is 19.7. The molecule has 2 aliphatic rings. The number of carbonyl (C=O) groups excluding carboxylic acids is 1. The van der Waals surface area contributed by atoms with Crippen LogP contribution in [0.2, 0.25) is 0 Å². The Hall–Kier alpha value is -1.81. The number of benzene rings is 1. The molecule has 1 atom stereocenters. The second-order valence-corrected chi connectivity index (χ2v) is 9.21. The van der Waals surface area contributed by atoms with Crippen molar-refractivity contribution in [2.75, 3.05) is 49.1 Å². The first-order chi connectivity index (χ1) is 12.6. The monoisotopic (exact) mass is 405 g/mol. The summed E-state index contributed by atoms with van der Waals surface area (Å²) in [7, 11) is -3.04. The fourth-order valence-electron chi connectivity index (χ4n) is 3.43. The molecule has 6 nitrogen and oxygen atoms in total. The molecular formula is C17H22F3N3O3S. The number of piperazine rings is 1. The number of rotatable bonds is 4. The van der Waals surface area contributed by atoms with Crippen molar-refractivity contribution < 1.29 is 26.4 Å². The van der Waals surface area contributed by atoms with Crippen LogP contribution in [0.5, 0.6) is 0 Å². The van der Waals surface area contributed by atoms with E-state index in [1.807, 2.05) is 9.80 Å². The molecule has 1 amide bonds. The molecule has 2 aliphatic heterocycles. The second-order valence-electron chi connectivity index (χ2n) is 6.98. The van der Waals surface area contributed by atoms with Crippen LogP contribution in [0.1, 0.15) is 12.0 Å². The zero-order valence-electron chi connectivity index (χ0n) is 14.7. The lowest BCUT2D eigenvalue weighted by atomic mass is 10.1. The molecule has 0 unspecified atom stereocenters. The topological polar surface area (TPSA) is 69.7 Å². The maximum atomic E-state index is 12.8. The summed E-state index contributed by atoms with van der Waals surface area (Å²) in [6.07, 6.45) is -3.93. The Kier molecular flexibility index (Phi) is 5.66. The Morgan fingerprint density at radius 3 is 2.48 bits per heavy atom. The average molecular weight is 405 g/mol. The van der Waals surface area contributed by atoms with Crippen LogP contribution in [0.4, 0.5) is 18.9 Å². The highest BCUT2D eigenvalue weighted by atomic mass is 32.2. The van der Waals surface area contributed by atoms with Crippen LogP contribution < -0.4 is 10.2 Å². The second kappa shape index (κ2) is 7.67. The minimum absolute atomic E-state index is 0.0118. The van der Waals surface area contributed by atoms with Crippen molar-refractivity contribution >= 4 is 21.4 Å². The average Bonchev–Trinajstić information content (AvgIpc) is 2.93. The number of hydrogen-bond donors (Lipinski definition) is 1. The highest BCUT2D eigenvalue weighted by Crippen LogP contribution is 2.31. The zero-order valence-corrected chi connectivity index (χ0v) is 15.5. The molecule has 0 radical (unpaired) electrons. The fraction of sp³-hybridized carbons (Fsp3) is 0.588. The van der Waals surface area contributed by atoms with Gasteiger partial charge in [0.1, 0.15) is 0 Å². The molecule has 0 spiro atoms. The smallest absolute Gasteiger partial charge is 0.369 e. The summed E-state index contributed by atoms with van der Waals surface area (Å²) in [4.78, 5) is 15.9. The number of sulfone groups is 1. The first-order valence-electron chi connectivity index (χ1n) is 8.77. The van der Waals surface area contributed by atoms with E-state index in [0.717, 1.165) is 12.1 Å². The lowest BCUT2D eigenvalue weighted by Crippen LogP contribution is -2.50. The van der Waals surface area contributed by atoms with Crippen LogP contribution in [0, 0.1) is 0 Å². The van der Waals surface area contributed by atoms with Gasteiger partial charge in [-0.05, 0) is 24.6 Å². The highest BCUT2D eigenvalue weighted by molar-refractivity contribution is 7.91. The molecule has 0 aliphatic carbocycles. The molecule has 2 saturated heterocycles. The lowest BCUT2D eigenvalue weighted by Gasteiger charge is -2.36. The van der Waals surface area contributed by atoms with Crippen LogP contribution in [-0.2, 0) is 20.8 Å². The van der Waals surface area contributed by atoms with Crippen molar-refractivity contribution in [1.82, 2.24) is 10.2 Å². The van der Waals surface area contributed by atoms with Gasteiger partial charge in [0.15, 0.2) is 9.84 Å². The molecule has 0 saturated carbocycles. The number of nitrogens with one attached hydrogen (secondary N) is 1. The summed E-state index contributed by atoms with van der Waals surface area (Å²) >= 11 is 0. The predicted octanol–water partition coefficient (Wildman–Crippen LogP) is 1.13. The van der Waals surface area contributed by atoms with E-state index in [-0.39, 0.29) is 30.0 Å². The van der Waals surface area contributed by atoms with Gasteiger partial charge in [0.25, 0.3) is 0 Å². The van der Waals surface area contributed by atoms with Crippen molar-refractivity contribution in [2.24, 2.45) is 0 Å². The van der Waals surface area contributed by atoms with Crippen LogP contribution in [0.25, 0.3) is 0 Å². The Labute approximate surface area is 156 Å². The van der Waals surface area contributed by atoms with Gasteiger partial charge in [-0.1, -0.05) is 6.07 Å². The number of hydrogen-bond acceptors (Lipinski definition) is 5. The molecule has 1 aromatic rings. The Morgan fingerprint density at radius 1 is 1.19 bits per heavy atom. The van der Waals surface area contributed by atoms with Crippen molar-refractivity contribution in [1.29, 1.82) is 0 Å². The first-order valence-corrected chi connectivity index (χ1v) is 10.6. The van der Waals surface area contributed by atoms with E-state index in [4.69, 9.17) is 0 Å². The number of halogens is 3. The molecule has 150 valence electrons. The summed E-state index contributed by atoms with van der Waals surface area (Å²) in [5.74, 6) is -0.125. The normalized spacial score (nSPS) is 23.4. The highest BCUT2D eigenvalue weighted by Gasteiger charge is 2.32. The van der Waals surface area contributed by atoms with Gasteiger partial charge in [0, 0.05) is 37.9 Å². The first kappa shape index (κ1) is 19.9. The maximum Gasteiger partial charge on any atom is 0.416 e. The quantitative estimate of drug-likeness (QED) is 0.814. The maximum absolute atomic E-state index is 12.8. The van der Waals surface area contributed by atoms with Gasteiger partial charge >= 0.3 is 6.18 Å². The van der Waals surface area contributed by atoms with Crippen molar-refractivity contribution in [3.63, 3.8) is 0 Å². The van der Waals surface area contributed by atoms with E-state index in [1.165, 1.54) is 6.07 Å². The molecule has 1 N–H and O–H groups in total. The van der Waals surface area contributed by atoms with Crippen LogP contribution in [0.3, 0.4) is 0 Å². The van der Waals surface area contributed by atoms with Crippen LogP contribution in [-0.4, -0.2) is 69.5 Å². The molecule has 0 bridgehead atoms. The Morgan fingerprint density at radius 2 is 1.89 bits per heavy atom. The van der Waals surface area contributed by atoms with Gasteiger partial charge in [-0.3, -0.25) is 9.69 Å². The molecular weight excluding hydrogens is 383 g/mol. The van der Waals surface area contributed by atoms with E-state index in [0.29, 0.717) is 38.3 Å². The molecule has 0 aromatic heterocycles. The van der Waals surface area contributed by atoms with E-state index in [9.17, 15) is 26.4 Å². The Balaban J connectivity index is 1.48. The fourth-order valence-corrected chi connectivity index (χ4v) is 5.10. The van der Waals surface area contributed by atoms with E-state index >= 15 is 0 Å². The van der Waals surface area contributed by atoms with E-state index in [2.05, 4.69) is 5.32 Å². The molecule has 1 aromatic carbocycles. The van der Waals surface area contributed by atoms with Gasteiger partial charge in [-0.15, -0.1) is 0 Å². The summed E-state index contributed by atoms with van der Waals surface area (Å²) in [5, 5.41) is 2.75. The summed E-state index contributed by atoms with van der Waals surface area (Å²) in [5.41, 5.74) is -0.154. The number of alkyl halides is 3. The lowest BCUT2D eigenvalue weighted by molar-refractivity contribution is -0.137. The molecule has 10 heteroatoms. The Bertz CT molecular complexity index is 790. The standard InChI is InChI=1S/C17H22F3N3O3S/c18-17(19,20)13-2-1-3-15(10-13)23-7-5-22(6-8-23)11-16(24)21-14-4-9-27(25,26)12-14/h1-3,10,14H,4-9,11-12H2,(H,21,24)/t14-/m1/s1. The van der Waals surface area contributed by atoms with Crippen molar-refractivity contribution in [3.05, 3.63) is 29.8 Å². The van der Waals surface area contributed by atoms with Gasteiger partial charge in [-0.25, -0.2) is 8.42 Å². The minimum atomic E-state index is -4.37. The summed E-state index contributed by atoms with van der Waals surface area (Å²) in [6, 6.07) is 4.91. The van der Waals surface area contributed by atoms with Gasteiger partial charge in [0.2, 0.25) is 5.91 Å². The molecule has 2 heterocycles. The van der Waals surface area contributed by atoms with Crippen LogP contribution >= 0.6 is 0 Å². The van der Waals surface area contributed by atoms with Crippen LogP contribution in [0.15, 0.2) is 24.3 Å². The van der Waals surface area contributed by atoms with Gasteiger partial charge in [0.05, 0.1) is 23.6 Å². The SMILES string of the molecule is O=C(CN1CCN(c2cccc(C(F)(F)F)c2)CC1)N[C@@H]1CCS(=O)(=O)C1. The van der Waals surface area contributed by atoms with Gasteiger partial charge < -0.3 is 10.2 Å². The third kappa shape index (κ3) is 5.35. The molecule has 27 heavy (non-hydrogen) atoms. The predicted molar refractivity (Wildman–Crippen MR) is 95.3 cm³/mol. The summed E-state index contributed by atoms with van der Waals surface area (Å²) < 4.78 is 61.4. The third-order valence-electron chi connectivity index (χ3n) is 4.88. The minimum Gasteiger partial charge on any atom is -0.369 e. The molecule has 3 rings (SSSR count). The summed E-state index contributed by atoms with van der Waals surface area (Å²) in [6.45, 7) is 2.30. The van der Waals surface area contributed by atoms with Crippen molar-refractivity contribution in [2.45, 2.75) is 18.6 Å². The van der Waals surface area contributed by atoms with E-state index in [1.54, 1.807) is 6.07 Å². The largest absolute Gasteiger partial charge is 0.416 e. The number of anilines is 1. The van der Waals surface area contributed by atoms with Crippen molar-refractivity contribution in [3.8, 4) is 0 Å². The number of carbonyl (C=O) groups is 1. The third-order valence-corrected chi connectivity index (χ3v) is 6.64. The molecule has 2 fully saturated rings.